The Morgan fingerprint density at radius 3 is 2.96 bits per heavy atom. The second kappa shape index (κ2) is 5.01. The number of piperidine rings is 1. The number of rotatable bonds is 2. The van der Waals surface area contributed by atoms with Crippen molar-refractivity contribution in [2.75, 3.05) is 20.7 Å². The molecule has 5 rings (SSSR count). The van der Waals surface area contributed by atoms with E-state index in [-0.39, 0.29) is 29.5 Å². The highest BCUT2D eigenvalue weighted by Gasteiger charge is 2.65. The van der Waals surface area contributed by atoms with Crippen LogP contribution in [0.3, 0.4) is 0 Å². The van der Waals surface area contributed by atoms with Crippen molar-refractivity contribution in [1.82, 2.24) is 4.90 Å². The molecule has 4 aliphatic rings. The van der Waals surface area contributed by atoms with Gasteiger partial charge in [-0.3, -0.25) is 4.79 Å². The summed E-state index contributed by atoms with van der Waals surface area (Å²) in [6.07, 6.45) is 5.88. The first-order valence-corrected chi connectivity index (χ1v) is 8.99. The van der Waals surface area contributed by atoms with Crippen molar-refractivity contribution in [1.29, 1.82) is 0 Å². The molecule has 2 aliphatic carbocycles. The van der Waals surface area contributed by atoms with Crippen molar-refractivity contribution in [2.45, 2.75) is 43.4 Å². The van der Waals surface area contributed by atoms with Crippen LogP contribution in [-0.2, 0) is 21.4 Å². The van der Waals surface area contributed by atoms with E-state index in [0.29, 0.717) is 6.04 Å². The van der Waals surface area contributed by atoms with Crippen LogP contribution >= 0.6 is 0 Å². The molecular weight excluding hydrogens is 318 g/mol. The SMILES string of the molecule is COc1ccc2c3c1O[C@@H]1C=C[C@@H](OC(C)=O)[C@H]4[C@@H](C2)N(C)CC[C@@]341. The Morgan fingerprint density at radius 2 is 2.20 bits per heavy atom. The van der Waals surface area contributed by atoms with Crippen LogP contribution in [-0.4, -0.2) is 49.8 Å². The quantitative estimate of drug-likeness (QED) is 0.609. The molecule has 1 saturated heterocycles. The Balaban J connectivity index is 1.75. The molecule has 2 bridgehead atoms. The Morgan fingerprint density at radius 1 is 1.36 bits per heavy atom. The molecule has 0 amide bonds. The van der Waals surface area contributed by atoms with Gasteiger partial charge < -0.3 is 19.1 Å². The lowest BCUT2D eigenvalue weighted by molar-refractivity contribution is -0.153. The molecule has 132 valence electrons. The fourth-order valence-corrected chi connectivity index (χ4v) is 5.74. The van der Waals surface area contributed by atoms with Crippen molar-refractivity contribution in [3.63, 3.8) is 0 Å². The summed E-state index contributed by atoms with van der Waals surface area (Å²) in [6, 6.07) is 4.55. The summed E-state index contributed by atoms with van der Waals surface area (Å²) >= 11 is 0. The smallest absolute Gasteiger partial charge is 0.303 e. The normalized spacial score (nSPS) is 37.2. The summed E-state index contributed by atoms with van der Waals surface area (Å²) in [5.41, 5.74) is 2.53. The molecule has 5 nitrogen and oxygen atoms in total. The zero-order valence-corrected chi connectivity index (χ0v) is 14.8. The number of ether oxygens (including phenoxy) is 3. The van der Waals surface area contributed by atoms with Crippen LogP contribution in [0.4, 0.5) is 0 Å². The molecule has 0 unspecified atom stereocenters. The van der Waals surface area contributed by atoms with Gasteiger partial charge in [-0.05, 0) is 50.2 Å². The van der Waals surface area contributed by atoms with Gasteiger partial charge >= 0.3 is 5.97 Å². The standard InChI is InChI=1S/C20H23NO4/c1-11(22)24-14-6-7-16-20-8-9-21(2)13(18(14)20)10-12-4-5-15(23-3)19(25-16)17(12)20/h4-7,13-14,16,18H,8-10H2,1-3H3/t13-,14-,16-,18-,20-/m1/s1. The number of benzene rings is 1. The van der Waals surface area contributed by atoms with E-state index >= 15 is 0 Å². The molecule has 2 aliphatic heterocycles. The second-order valence-corrected chi connectivity index (χ2v) is 7.70. The van der Waals surface area contributed by atoms with Crippen LogP contribution in [0.2, 0.25) is 0 Å². The lowest BCUT2D eigenvalue weighted by Gasteiger charge is -2.57. The van der Waals surface area contributed by atoms with Gasteiger partial charge in [0.25, 0.3) is 0 Å². The fraction of sp³-hybridized carbons (Fsp3) is 0.550. The summed E-state index contributed by atoms with van der Waals surface area (Å²) in [4.78, 5) is 14.1. The topological polar surface area (TPSA) is 48.0 Å². The van der Waals surface area contributed by atoms with Crippen LogP contribution < -0.4 is 9.47 Å². The third kappa shape index (κ3) is 1.79. The van der Waals surface area contributed by atoms with Gasteiger partial charge in [0, 0.05) is 29.9 Å². The number of carbonyl (C=O) groups is 1. The summed E-state index contributed by atoms with van der Waals surface area (Å²) in [7, 11) is 3.87. The summed E-state index contributed by atoms with van der Waals surface area (Å²) in [5, 5.41) is 0. The zero-order valence-electron chi connectivity index (χ0n) is 14.8. The Labute approximate surface area is 147 Å². The number of hydrogen-bond donors (Lipinski definition) is 0. The van der Waals surface area contributed by atoms with Gasteiger partial charge in [-0.15, -0.1) is 0 Å². The first-order valence-electron chi connectivity index (χ1n) is 8.99. The number of hydrogen-bond acceptors (Lipinski definition) is 5. The van der Waals surface area contributed by atoms with Crippen LogP contribution in [0, 0.1) is 5.92 Å². The molecule has 1 fully saturated rings. The monoisotopic (exact) mass is 341 g/mol. The van der Waals surface area contributed by atoms with Crippen LogP contribution in [0.5, 0.6) is 11.5 Å². The predicted octanol–water partition coefficient (Wildman–Crippen LogP) is 2.07. The molecule has 0 saturated carbocycles. The molecular formula is C20H23NO4. The van der Waals surface area contributed by atoms with E-state index in [0.717, 1.165) is 30.9 Å². The van der Waals surface area contributed by atoms with E-state index in [1.54, 1.807) is 7.11 Å². The van der Waals surface area contributed by atoms with Crippen LogP contribution in [0.15, 0.2) is 24.3 Å². The van der Waals surface area contributed by atoms with E-state index < -0.39 is 0 Å². The maximum atomic E-state index is 11.7. The van der Waals surface area contributed by atoms with Gasteiger partial charge in [-0.25, -0.2) is 0 Å². The number of esters is 1. The lowest BCUT2D eigenvalue weighted by atomic mass is 9.52. The van der Waals surface area contributed by atoms with E-state index in [2.05, 4.69) is 24.1 Å². The average Bonchev–Trinajstić information content (AvgIpc) is 2.92. The number of likely N-dealkylation sites (N-methyl/N-ethyl adjacent to an activating group) is 1. The maximum absolute atomic E-state index is 11.7. The van der Waals surface area contributed by atoms with Crippen molar-refractivity contribution in [2.24, 2.45) is 5.92 Å². The minimum Gasteiger partial charge on any atom is -0.493 e. The molecule has 1 aromatic rings. The first kappa shape index (κ1) is 15.3. The van der Waals surface area contributed by atoms with Gasteiger partial charge in [-0.1, -0.05) is 6.07 Å². The van der Waals surface area contributed by atoms with Crippen molar-refractivity contribution >= 4 is 5.97 Å². The van der Waals surface area contributed by atoms with Crippen molar-refractivity contribution < 1.29 is 19.0 Å². The molecule has 0 N–H and O–H groups in total. The third-order valence-corrected chi connectivity index (χ3v) is 6.66. The van der Waals surface area contributed by atoms with Gasteiger partial charge in [0.1, 0.15) is 12.2 Å². The third-order valence-electron chi connectivity index (χ3n) is 6.66. The van der Waals surface area contributed by atoms with Gasteiger partial charge in [0.2, 0.25) is 0 Å². The highest BCUT2D eigenvalue weighted by Crippen LogP contribution is 2.62. The highest BCUT2D eigenvalue weighted by molar-refractivity contribution is 5.67. The number of carbonyl (C=O) groups excluding carboxylic acids is 1. The number of methoxy groups -OCH3 is 1. The molecule has 1 spiro atoms. The predicted molar refractivity (Wildman–Crippen MR) is 92.0 cm³/mol. The van der Waals surface area contributed by atoms with Crippen molar-refractivity contribution in [3.05, 3.63) is 35.4 Å². The van der Waals surface area contributed by atoms with E-state index in [1.807, 2.05) is 12.1 Å². The molecule has 25 heavy (non-hydrogen) atoms. The fourth-order valence-electron chi connectivity index (χ4n) is 5.74. The summed E-state index contributed by atoms with van der Waals surface area (Å²) < 4.78 is 17.7. The largest absolute Gasteiger partial charge is 0.493 e. The molecule has 0 aromatic heterocycles. The van der Waals surface area contributed by atoms with E-state index in [9.17, 15) is 4.79 Å². The Hall–Kier alpha value is -2.01. The zero-order chi connectivity index (χ0) is 17.3. The number of likely N-dealkylation sites (tertiary alicyclic amines) is 1. The molecule has 5 atom stereocenters. The lowest BCUT2D eigenvalue weighted by Crippen LogP contribution is -2.66. The van der Waals surface area contributed by atoms with Crippen LogP contribution in [0.25, 0.3) is 0 Å². The Bertz CT molecular complexity index is 788. The number of nitrogens with zero attached hydrogens (tertiary/aromatic N) is 1. The Kier molecular flexibility index (Phi) is 3.06. The van der Waals surface area contributed by atoms with Crippen LogP contribution in [0.1, 0.15) is 24.5 Å². The summed E-state index contributed by atoms with van der Waals surface area (Å²) in [6.45, 7) is 2.52. The average molecular weight is 341 g/mol. The first-order chi connectivity index (χ1) is 12.1. The molecule has 1 aromatic carbocycles. The maximum Gasteiger partial charge on any atom is 0.303 e. The van der Waals surface area contributed by atoms with E-state index in [4.69, 9.17) is 14.2 Å². The second-order valence-electron chi connectivity index (χ2n) is 7.70. The molecule has 2 heterocycles. The van der Waals surface area contributed by atoms with Gasteiger partial charge in [0.05, 0.1) is 7.11 Å². The summed E-state index contributed by atoms with van der Waals surface area (Å²) in [5.74, 6) is 1.69. The molecule has 5 heteroatoms. The molecule has 0 radical (unpaired) electrons. The van der Waals surface area contributed by atoms with E-state index in [1.165, 1.54) is 18.1 Å². The van der Waals surface area contributed by atoms with Gasteiger partial charge in [-0.2, -0.15) is 0 Å². The van der Waals surface area contributed by atoms with Gasteiger partial charge in [0.15, 0.2) is 11.5 Å². The minimum absolute atomic E-state index is 0.00846. The minimum atomic E-state index is -0.221. The van der Waals surface area contributed by atoms with Crippen molar-refractivity contribution in [3.8, 4) is 11.5 Å². The highest BCUT2D eigenvalue weighted by atomic mass is 16.5.